The smallest absolute Gasteiger partial charge is 0.0647 e. The second kappa shape index (κ2) is 7.25. The molecule has 1 aliphatic rings. The van der Waals surface area contributed by atoms with E-state index in [0.717, 1.165) is 0 Å². The van der Waals surface area contributed by atoms with Gasteiger partial charge >= 0.3 is 0 Å². The van der Waals surface area contributed by atoms with Gasteiger partial charge in [-0.3, -0.25) is 0 Å². The van der Waals surface area contributed by atoms with E-state index in [1.165, 1.54) is 33.4 Å². The predicted octanol–water partition coefficient (Wildman–Crippen LogP) is 7.00. The minimum absolute atomic E-state index is 0.264. The standard InChI is InChI=1S/C27H24/c1-3-4-5-6-12-19-27(22-13-8-7-9-14-22)25-16-11-10-15-23(25)24-18-17-21(2)20-26(24)27/h3-20H,1-2H3/b4-3-,6-5-,19-12+. The molecule has 0 heterocycles. The summed E-state index contributed by atoms with van der Waals surface area (Å²) in [7, 11) is 0. The van der Waals surface area contributed by atoms with E-state index in [2.05, 4.69) is 110 Å². The first-order valence-electron chi connectivity index (χ1n) is 9.51. The topological polar surface area (TPSA) is 0 Å². The quantitative estimate of drug-likeness (QED) is 0.445. The van der Waals surface area contributed by atoms with E-state index in [9.17, 15) is 0 Å². The fourth-order valence-corrected chi connectivity index (χ4v) is 4.15. The van der Waals surface area contributed by atoms with Gasteiger partial charge in [-0.2, -0.15) is 0 Å². The van der Waals surface area contributed by atoms with Gasteiger partial charge in [-0.1, -0.05) is 115 Å². The highest BCUT2D eigenvalue weighted by Gasteiger charge is 2.42. The number of hydrogen-bond acceptors (Lipinski definition) is 0. The lowest BCUT2D eigenvalue weighted by atomic mass is 9.72. The van der Waals surface area contributed by atoms with Crippen molar-refractivity contribution in [2.75, 3.05) is 0 Å². The maximum Gasteiger partial charge on any atom is 0.0647 e. The van der Waals surface area contributed by atoms with Crippen molar-refractivity contribution in [3.63, 3.8) is 0 Å². The SMILES string of the molecule is C\C=C/C=C\C=C\C1(c2ccccc2)c2ccccc2-c2ccc(C)cc21. The van der Waals surface area contributed by atoms with Crippen LogP contribution in [0.25, 0.3) is 11.1 Å². The van der Waals surface area contributed by atoms with Gasteiger partial charge in [0.05, 0.1) is 5.41 Å². The highest BCUT2D eigenvalue weighted by molar-refractivity contribution is 5.85. The summed E-state index contributed by atoms with van der Waals surface area (Å²) in [5, 5.41) is 0. The zero-order valence-electron chi connectivity index (χ0n) is 15.9. The van der Waals surface area contributed by atoms with Crippen LogP contribution < -0.4 is 0 Å². The Morgan fingerprint density at radius 2 is 1.37 bits per heavy atom. The van der Waals surface area contributed by atoms with E-state index in [1.807, 2.05) is 13.0 Å². The van der Waals surface area contributed by atoms with Gasteiger partial charge in [0.2, 0.25) is 0 Å². The van der Waals surface area contributed by atoms with E-state index >= 15 is 0 Å². The van der Waals surface area contributed by atoms with Crippen LogP contribution in [0.15, 0.2) is 109 Å². The zero-order chi connectivity index (χ0) is 18.7. The third-order valence-electron chi connectivity index (χ3n) is 5.34. The number of allylic oxidation sites excluding steroid dienone is 6. The Hall–Kier alpha value is -3.12. The van der Waals surface area contributed by atoms with Gasteiger partial charge in [0, 0.05) is 0 Å². The first kappa shape index (κ1) is 17.3. The Labute approximate surface area is 162 Å². The van der Waals surface area contributed by atoms with Crippen LogP contribution in [0.5, 0.6) is 0 Å². The lowest BCUT2D eigenvalue weighted by molar-refractivity contribution is 0.803. The van der Waals surface area contributed by atoms with Crippen molar-refractivity contribution >= 4 is 0 Å². The molecular weight excluding hydrogens is 324 g/mol. The Morgan fingerprint density at radius 1 is 0.667 bits per heavy atom. The summed E-state index contributed by atoms with van der Waals surface area (Å²) >= 11 is 0. The van der Waals surface area contributed by atoms with Gasteiger partial charge < -0.3 is 0 Å². The Balaban J connectivity index is 2.02. The summed E-state index contributed by atoms with van der Waals surface area (Å²) in [4.78, 5) is 0. The molecule has 3 aromatic carbocycles. The molecule has 1 atom stereocenters. The summed E-state index contributed by atoms with van der Waals surface area (Å²) in [5.41, 5.74) is 7.72. The lowest BCUT2D eigenvalue weighted by Crippen LogP contribution is -2.24. The number of benzene rings is 3. The maximum absolute atomic E-state index is 2.35. The first-order chi connectivity index (χ1) is 13.3. The van der Waals surface area contributed by atoms with Gasteiger partial charge in [0.1, 0.15) is 0 Å². The molecule has 0 heteroatoms. The van der Waals surface area contributed by atoms with Crippen LogP contribution in [-0.2, 0) is 5.41 Å². The molecule has 4 rings (SSSR count). The monoisotopic (exact) mass is 348 g/mol. The minimum atomic E-state index is -0.264. The molecular formula is C27H24. The van der Waals surface area contributed by atoms with Crippen LogP contribution in [0.1, 0.15) is 29.2 Å². The minimum Gasteiger partial charge on any atom is -0.0877 e. The fourth-order valence-electron chi connectivity index (χ4n) is 4.15. The summed E-state index contributed by atoms with van der Waals surface area (Å²) < 4.78 is 0. The normalized spacial score (nSPS) is 18.4. The maximum atomic E-state index is 2.35. The Bertz CT molecular complexity index is 1030. The number of hydrogen-bond donors (Lipinski definition) is 0. The van der Waals surface area contributed by atoms with E-state index < -0.39 is 0 Å². The van der Waals surface area contributed by atoms with Crippen molar-refractivity contribution in [2.24, 2.45) is 0 Å². The molecule has 0 spiro atoms. The number of rotatable bonds is 4. The molecule has 0 nitrogen and oxygen atoms in total. The van der Waals surface area contributed by atoms with E-state index in [0.29, 0.717) is 0 Å². The van der Waals surface area contributed by atoms with Crippen molar-refractivity contribution < 1.29 is 0 Å². The molecule has 0 bridgehead atoms. The van der Waals surface area contributed by atoms with Crippen molar-refractivity contribution in [3.05, 3.63) is 132 Å². The summed E-state index contributed by atoms with van der Waals surface area (Å²) in [6, 6.07) is 26.5. The van der Waals surface area contributed by atoms with Crippen LogP contribution in [0.3, 0.4) is 0 Å². The van der Waals surface area contributed by atoms with Crippen LogP contribution in [-0.4, -0.2) is 0 Å². The third-order valence-corrected chi connectivity index (χ3v) is 5.34. The average molecular weight is 348 g/mol. The molecule has 1 unspecified atom stereocenters. The number of aryl methyl sites for hydroxylation is 1. The van der Waals surface area contributed by atoms with Gasteiger partial charge in [-0.15, -0.1) is 0 Å². The molecule has 0 fully saturated rings. The summed E-state index contributed by atoms with van der Waals surface area (Å²) in [6.45, 7) is 4.21. The summed E-state index contributed by atoms with van der Waals surface area (Å²) in [6.07, 6.45) is 12.8. The van der Waals surface area contributed by atoms with Crippen molar-refractivity contribution in [1.29, 1.82) is 0 Å². The highest BCUT2D eigenvalue weighted by Crippen LogP contribution is 2.53. The van der Waals surface area contributed by atoms with Crippen LogP contribution in [0.4, 0.5) is 0 Å². The van der Waals surface area contributed by atoms with Crippen molar-refractivity contribution in [3.8, 4) is 11.1 Å². The molecule has 132 valence electrons. The first-order valence-corrected chi connectivity index (χ1v) is 9.51. The van der Waals surface area contributed by atoms with Gasteiger partial charge in [-0.05, 0) is 41.7 Å². The van der Waals surface area contributed by atoms with Gasteiger partial charge in [0.25, 0.3) is 0 Å². The van der Waals surface area contributed by atoms with Crippen LogP contribution in [0.2, 0.25) is 0 Å². The molecule has 0 radical (unpaired) electrons. The molecule has 0 saturated carbocycles. The molecule has 0 N–H and O–H groups in total. The van der Waals surface area contributed by atoms with E-state index in [4.69, 9.17) is 0 Å². The molecule has 0 amide bonds. The Morgan fingerprint density at radius 3 is 2.19 bits per heavy atom. The van der Waals surface area contributed by atoms with E-state index in [1.54, 1.807) is 0 Å². The second-order valence-corrected chi connectivity index (χ2v) is 7.04. The second-order valence-electron chi connectivity index (χ2n) is 7.04. The van der Waals surface area contributed by atoms with Gasteiger partial charge in [-0.25, -0.2) is 0 Å². The highest BCUT2D eigenvalue weighted by atomic mass is 14.4. The molecule has 0 aliphatic heterocycles. The molecule has 0 aromatic heterocycles. The zero-order valence-corrected chi connectivity index (χ0v) is 15.9. The molecule has 3 aromatic rings. The molecule has 1 aliphatic carbocycles. The third kappa shape index (κ3) is 2.88. The largest absolute Gasteiger partial charge is 0.0877 e. The van der Waals surface area contributed by atoms with Crippen molar-refractivity contribution in [1.82, 2.24) is 0 Å². The fraction of sp³-hybridized carbons (Fsp3) is 0.111. The lowest BCUT2D eigenvalue weighted by Gasteiger charge is -2.30. The van der Waals surface area contributed by atoms with Gasteiger partial charge in [0.15, 0.2) is 0 Å². The van der Waals surface area contributed by atoms with E-state index in [-0.39, 0.29) is 5.41 Å². The van der Waals surface area contributed by atoms with Crippen LogP contribution >= 0.6 is 0 Å². The van der Waals surface area contributed by atoms with Crippen LogP contribution in [0, 0.1) is 6.92 Å². The molecule has 27 heavy (non-hydrogen) atoms. The molecule has 0 saturated heterocycles. The van der Waals surface area contributed by atoms with Crippen molar-refractivity contribution in [2.45, 2.75) is 19.3 Å². The summed E-state index contributed by atoms with van der Waals surface area (Å²) in [5.74, 6) is 0. The number of fused-ring (bicyclic) bond motifs is 3. The average Bonchev–Trinajstić information content (AvgIpc) is 2.99. The predicted molar refractivity (Wildman–Crippen MR) is 116 cm³/mol. The Kier molecular flexibility index (Phi) is 4.64.